The van der Waals surface area contributed by atoms with Crippen molar-refractivity contribution in [2.24, 2.45) is 17.0 Å². The molecule has 2 atom stereocenters. The van der Waals surface area contributed by atoms with E-state index in [0.29, 0.717) is 11.8 Å². The molecule has 0 aromatic carbocycles. The van der Waals surface area contributed by atoms with Crippen LogP contribution in [0, 0.1) is 11.8 Å². The minimum Gasteiger partial charge on any atom is -0.411 e. The summed E-state index contributed by atoms with van der Waals surface area (Å²) in [7, 11) is 0. The average molecular weight is 269 g/mol. The van der Waals surface area contributed by atoms with Gasteiger partial charge in [0.15, 0.2) is 0 Å². The first kappa shape index (κ1) is 18.5. The summed E-state index contributed by atoms with van der Waals surface area (Å²) < 4.78 is 0. The molecule has 0 saturated carbocycles. The molecule has 2 unspecified atom stereocenters. The molecule has 0 amide bonds. The van der Waals surface area contributed by atoms with Gasteiger partial charge >= 0.3 is 0 Å². The van der Waals surface area contributed by atoms with Crippen LogP contribution in [0.5, 0.6) is 0 Å². The van der Waals surface area contributed by atoms with Gasteiger partial charge in [-0.25, -0.2) is 0 Å². The summed E-state index contributed by atoms with van der Waals surface area (Å²) in [5, 5.41) is 13.1. The Kier molecular flexibility index (Phi) is 12.2. The zero-order valence-electron chi connectivity index (χ0n) is 13.6. The predicted octanol–water partition coefficient (Wildman–Crippen LogP) is 6.03. The van der Waals surface area contributed by atoms with E-state index >= 15 is 0 Å². The van der Waals surface area contributed by atoms with Crippen molar-refractivity contribution in [2.45, 2.75) is 91.9 Å². The molecule has 0 aliphatic rings. The Labute approximate surface area is 120 Å². The van der Waals surface area contributed by atoms with E-state index in [0.717, 1.165) is 18.6 Å². The van der Waals surface area contributed by atoms with Crippen LogP contribution in [0.3, 0.4) is 0 Å². The van der Waals surface area contributed by atoms with E-state index < -0.39 is 0 Å². The van der Waals surface area contributed by atoms with Crippen LogP contribution in [0.1, 0.15) is 91.9 Å². The fraction of sp³-hybridized carbons (Fsp3) is 0.941. The lowest BCUT2D eigenvalue weighted by molar-refractivity contribution is 0.305. The minimum atomic E-state index is 0.489. The van der Waals surface area contributed by atoms with Crippen LogP contribution in [-0.4, -0.2) is 10.9 Å². The molecule has 0 radical (unpaired) electrons. The molecule has 0 bridgehead atoms. The monoisotopic (exact) mass is 269 g/mol. The highest BCUT2D eigenvalue weighted by atomic mass is 16.4. The first-order valence-electron chi connectivity index (χ1n) is 8.46. The largest absolute Gasteiger partial charge is 0.411 e. The smallest absolute Gasteiger partial charge is 0.0632 e. The van der Waals surface area contributed by atoms with Crippen LogP contribution < -0.4 is 0 Å². The van der Waals surface area contributed by atoms with Gasteiger partial charge in [0.05, 0.1) is 5.71 Å². The molecule has 0 rings (SSSR count). The Morgan fingerprint density at radius 3 is 1.47 bits per heavy atom. The number of hydrogen-bond acceptors (Lipinski definition) is 2. The second kappa shape index (κ2) is 12.5. The normalized spacial score (nSPS) is 14.1. The lowest BCUT2D eigenvalue weighted by atomic mass is 9.82. The second-order valence-electron chi connectivity index (χ2n) is 5.73. The van der Waals surface area contributed by atoms with Gasteiger partial charge in [-0.05, 0) is 25.7 Å². The molecule has 0 aliphatic heterocycles. The summed E-state index contributed by atoms with van der Waals surface area (Å²) in [4.78, 5) is 0. The van der Waals surface area contributed by atoms with Gasteiger partial charge < -0.3 is 5.21 Å². The van der Waals surface area contributed by atoms with E-state index in [1.807, 2.05) is 0 Å². The number of hydrogen-bond donors (Lipinski definition) is 1. The highest BCUT2D eigenvalue weighted by Gasteiger charge is 2.22. The Hall–Kier alpha value is -0.530. The van der Waals surface area contributed by atoms with Crippen molar-refractivity contribution in [3.63, 3.8) is 0 Å². The average Bonchev–Trinajstić information content (AvgIpc) is 2.44. The van der Waals surface area contributed by atoms with Crippen LogP contribution in [0.15, 0.2) is 5.16 Å². The fourth-order valence-corrected chi connectivity index (χ4v) is 2.90. The van der Waals surface area contributed by atoms with Crippen LogP contribution >= 0.6 is 0 Å². The van der Waals surface area contributed by atoms with Crippen molar-refractivity contribution in [1.29, 1.82) is 0 Å². The second-order valence-corrected chi connectivity index (χ2v) is 5.73. The summed E-state index contributed by atoms with van der Waals surface area (Å²) in [6, 6.07) is 0. The quantitative estimate of drug-likeness (QED) is 0.199. The van der Waals surface area contributed by atoms with E-state index in [2.05, 4.69) is 32.9 Å². The number of rotatable bonds is 12. The molecule has 0 heterocycles. The summed E-state index contributed by atoms with van der Waals surface area (Å²) in [5.41, 5.74) is 1.08. The summed E-state index contributed by atoms with van der Waals surface area (Å²) in [5.74, 6) is 0.978. The minimum absolute atomic E-state index is 0.489. The van der Waals surface area contributed by atoms with Gasteiger partial charge in [-0.3, -0.25) is 0 Å². The Morgan fingerprint density at radius 2 is 1.21 bits per heavy atom. The van der Waals surface area contributed by atoms with E-state index in [4.69, 9.17) is 0 Å². The zero-order valence-corrected chi connectivity index (χ0v) is 13.6. The molecule has 0 spiro atoms. The molecule has 2 nitrogen and oxygen atoms in total. The van der Waals surface area contributed by atoms with Crippen molar-refractivity contribution in [3.8, 4) is 0 Å². The Morgan fingerprint density at radius 1 is 0.789 bits per heavy atom. The Bertz CT molecular complexity index is 205. The molecule has 0 aromatic heterocycles. The first-order chi connectivity index (χ1) is 9.24. The van der Waals surface area contributed by atoms with Gasteiger partial charge in [0.1, 0.15) is 0 Å². The number of nitrogens with zero attached hydrogens (tertiary/aromatic N) is 1. The summed E-state index contributed by atoms with van der Waals surface area (Å²) >= 11 is 0. The lowest BCUT2D eigenvalue weighted by Gasteiger charge is -2.23. The molecular weight excluding hydrogens is 234 g/mol. The molecule has 0 fully saturated rings. The third kappa shape index (κ3) is 7.59. The van der Waals surface area contributed by atoms with Gasteiger partial charge in [0, 0.05) is 11.8 Å². The molecule has 0 saturated heterocycles. The van der Waals surface area contributed by atoms with Crippen LogP contribution in [-0.2, 0) is 0 Å². The highest BCUT2D eigenvalue weighted by Crippen LogP contribution is 2.25. The van der Waals surface area contributed by atoms with E-state index in [1.54, 1.807) is 0 Å². The van der Waals surface area contributed by atoms with E-state index in [-0.39, 0.29) is 0 Å². The molecule has 1 N–H and O–H groups in total. The van der Waals surface area contributed by atoms with Crippen molar-refractivity contribution in [1.82, 2.24) is 0 Å². The van der Waals surface area contributed by atoms with Crippen molar-refractivity contribution >= 4 is 5.71 Å². The molecular formula is C17H35NO. The highest BCUT2D eigenvalue weighted by molar-refractivity contribution is 5.88. The molecule has 2 heteroatoms. The molecule has 0 aliphatic carbocycles. The third-order valence-corrected chi connectivity index (χ3v) is 4.25. The summed E-state index contributed by atoms with van der Waals surface area (Å²) in [6.45, 7) is 8.92. The van der Waals surface area contributed by atoms with E-state index in [9.17, 15) is 5.21 Å². The lowest BCUT2D eigenvalue weighted by Crippen LogP contribution is -2.23. The maximum Gasteiger partial charge on any atom is 0.0632 e. The zero-order chi connectivity index (χ0) is 14.5. The van der Waals surface area contributed by atoms with Crippen LogP contribution in [0.4, 0.5) is 0 Å². The van der Waals surface area contributed by atoms with Crippen LogP contribution in [0.25, 0.3) is 0 Å². The maximum absolute atomic E-state index is 9.43. The van der Waals surface area contributed by atoms with E-state index in [1.165, 1.54) is 51.4 Å². The van der Waals surface area contributed by atoms with Crippen LogP contribution in [0.2, 0.25) is 0 Å². The van der Waals surface area contributed by atoms with Gasteiger partial charge in [-0.2, -0.15) is 0 Å². The first-order valence-corrected chi connectivity index (χ1v) is 8.46. The van der Waals surface area contributed by atoms with Gasteiger partial charge in [0.25, 0.3) is 0 Å². The topological polar surface area (TPSA) is 32.6 Å². The van der Waals surface area contributed by atoms with Crippen molar-refractivity contribution in [2.75, 3.05) is 0 Å². The standard InChI is InChI=1S/C17H35NO/c1-5-9-11-13-15(7-3)17(18-19)16(8-4)14-12-10-6-2/h15-16,19H,5-14H2,1-4H3. The predicted molar refractivity (Wildman–Crippen MR) is 85.1 cm³/mol. The third-order valence-electron chi connectivity index (χ3n) is 4.25. The summed E-state index contributed by atoms with van der Waals surface area (Å²) in [6.07, 6.45) is 12.2. The van der Waals surface area contributed by atoms with Gasteiger partial charge in [0.2, 0.25) is 0 Å². The Balaban J connectivity index is 4.44. The SMILES string of the molecule is CCCCCC(CC)C(=NO)C(CC)CCCCC. The van der Waals surface area contributed by atoms with Gasteiger partial charge in [-0.1, -0.05) is 71.4 Å². The molecule has 0 aromatic rings. The maximum atomic E-state index is 9.43. The number of oxime groups is 1. The molecule has 114 valence electrons. The molecule has 19 heavy (non-hydrogen) atoms. The fourth-order valence-electron chi connectivity index (χ4n) is 2.90. The number of unbranched alkanes of at least 4 members (excludes halogenated alkanes) is 4. The van der Waals surface area contributed by atoms with Gasteiger partial charge in [-0.15, -0.1) is 0 Å². The van der Waals surface area contributed by atoms with Crippen molar-refractivity contribution in [3.05, 3.63) is 0 Å². The van der Waals surface area contributed by atoms with Crippen molar-refractivity contribution < 1.29 is 5.21 Å².